The molecule has 4 rings (SSSR count). The number of non-ortho nitro benzene ring substituents is 1. The van der Waals surface area contributed by atoms with Crippen LogP contribution in [-0.2, 0) is 0 Å². The van der Waals surface area contributed by atoms with Crippen LogP contribution in [0.15, 0.2) is 54.6 Å². The number of nitro benzene ring substituents is 1. The number of nitrogens with zero attached hydrogens (tertiary/aromatic N) is 4. The second kappa shape index (κ2) is 6.72. The average molecular weight is 348 g/mol. The summed E-state index contributed by atoms with van der Waals surface area (Å²) < 4.78 is 0. The Bertz CT molecular complexity index is 948. The molecule has 1 aliphatic heterocycles. The lowest BCUT2D eigenvalue weighted by atomic mass is 10.0. The number of anilines is 1. The van der Waals surface area contributed by atoms with Crippen LogP contribution in [0, 0.1) is 10.1 Å². The number of hydrogen-bond acceptors (Lipinski definition) is 5. The maximum atomic E-state index is 10.9. The lowest BCUT2D eigenvalue weighted by molar-refractivity contribution is -0.384. The Morgan fingerprint density at radius 3 is 2.38 bits per heavy atom. The van der Waals surface area contributed by atoms with E-state index in [1.807, 2.05) is 18.2 Å². The van der Waals surface area contributed by atoms with Crippen molar-refractivity contribution in [2.24, 2.45) is 0 Å². The minimum atomic E-state index is -0.379. The summed E-state index contributed by atoms with van der Waals surface area (Å²) in [7, 11) is 2.13. The van der Waals surface area contributed by atoms with Crippen LogP contribution in [0.5, 0.6) is 0 Å². The van der Waals surface area contributed by atoms with Crippen LogP contribution in [0.3, 0.4) is 0 Å². The van der Waals surface area contributed by atoms with E-state index in [9.17, 15) is 10.1 Å². The number of likely N-dealkylation sites (N-methyl/N-ethyl adjacent to an activating group) is 1. The summed E-state index contributed by atoms with van der Waals surface area (Å²) in [6.07, 6.45) is 0. The second-order valence-corrected chi connectivity index (χ2v) is 6.64. The first kappa shape index (κ1) is 16.5. The van der Waals surface area contributed by atoms with Gasteiger partial charge in [-0.15, -0.1) is 0 Å². The molecule has 1 saturated heterocycles. The van der Waals surface area contributed by atoms with E-state index in [4.69, 9.17) is 4.98 Å². The summed E-state index contributed by atoms with van der Waals surface area (Å²) in [5.74, 6) is 0.963. The van der Waals surface area contributed by atoms with Crippen molar-refractivity contribution in [3.63, 3.8) is 0 Å². The number of benzene rings is 2. The van der Waals surface area contributed by atoms with Gasteiger partial charge in [0.2, 0.25) is 0 Å². The Morgan fingerprint density at radius 1 is 1.00 bits per heavy atom. The number of piperazine rings is 1. The molecule has 0 radical (unpaired) electrons. The van der Waals surface area contributed by atoms with Gasteiger partial charge in [0.15, 0.2) is 0 Å². The third kappa shape index (κ3) is 3.11. The average Bonchev–Trinajstić information content (AvgIpc) is 2.68. The number of nitro groups is 1. The summed E-state index contributed by atoms with van der Waals surface area (Å²) in [6, 6.07) is 16.9. The molecule has 0 unspecified atom stereocenters. The van der Waals surface area contributed by atoms with Crippen molar-refractivity contribution in [3.8, 4) is 11.3 Å². The predicted octanol–water partition coefficient (Wildman–Crippen LogP) is 3.56. The van der Waals surface area contributed by atoms with Gasteiger partial charge in [-0.2, -0.15) is 0 Å². The smallest absolute Gasteiger partial charge is 0.269 e. The fraction of sp³-hybridized carbons (Fsp3) is 0.250. The van der Waals surface area contributed by atoms with Crippen molar-refractivity contribution in [2.75, 3.05) is 38.1 Å². The Kier molecular flexibility index (Phi) is 4.26. The van der Waals surface area contributed by atoms with Crippen molar-refractivity contribution in [2.45, 2.75) is 0 Å². The van der Waals surface area contributed by atoms with Gasteiger partial charge in [-0.25, -0.2) is 4.98 Å². The highest BCUT2D eigenvalue weighted by Crippen LogP contribution is 2.31. The minimum Gasteiger partial charge on any atom is -0.354 e. The first-order chi connectivity index (χ1) is 12.6. The predicted molar refractivity (Wildman–Crippen MR) is 104 cm³/mol. The zero-order chi connectivity index (χ0) is 18.1. The van der Waals surface area contributed by atoms with E-state index in [-0.39, 0.29) is 10.6 Å². The monoisotopic (exact) mass is 348 g/mol. The number of aromatic nitrogens is 1. The van der Waals surface area contributed by atoms with E-state index in [1.165, 1.54) is 12.1 Å². The lowest BCUT2D eigenvalue weighted by Gasteiger charge is -2.33. The highest BCUT2D eigenvalue weighted by Gasteiger charge is 2.18. The van der Waals surface area contributed by atoms with Crippen LogP contribution in [0.1, 0.15) is 0 Å². The molecule has 1 fully saturated rings. The highest BCUT2D eigenvalue weighted by molar-refractivity contribution is 5.96. The molecule has 1 aromatic heterocycles. The molecule has 3 aromatic rings. The van der Waals surface area contributed by atoms with Gasteiger partial charge >= 0.3 is 0 Å². The third-order valence-electron chi connectivity index (χ3n) is 4.91. The molecule has 0 atom stereocenters. The minimum absolute atomic E-state index is 0.0910. The molecule has 0 aliphatic carbocycles. The van der Waals surface area contributed by atoms with Crippen LogP contribution < -0.4 is 4.90 Å². The summed E-state index contributed by atoms with van der Waals surface area (Å²) in [5, 5.41) is 13.1. The molecule has 26 heavy (non-hydrogen) atoms. The quantitative estimate of drug-likeness (QED) is 0.535. The number of rotatable bonds is 3. The van der Waals surface area contributed by atoms with Gasteiger partial charge in [-0.3, -0.25) is 10.1 Å². The molecule has 2 aromatic carbocycles. The van der Waals surface area contributed by atoms with Gasteiger partial charge in [0, 0.05) is 49.3 Å². The molecule has 132 valence electrons. The molecule has 1 aliphatic rings. The molecule has 0 bridgehead atoms. The molecule has 0 saturated carbocycles. The van der Waals surface area contributed by atoms with Crippen molar-refractivity contribution >= 4 is 22.3 Å². The summed E-state index contributed by atoms with van der Waals surface area (Å²) >= 11 is 0. The van der Waals surface area contributed by atoms with Gasteiger partial charge < -0.3 is 9.80 Å². The van der Waals surface area contributed by atoms with Gasteiger partial charge in [0.1, 0.15) is 5.82 Å². The Labute approximate surface area is 151 Å². The Balaban J connectivity index is 1.80. The van der Waals surface area contributed by atoms with Crippen LogP contribution in [0.2, 0.25) is 0 Å². The molecule has 6 nitrogen and oxygen atoms in total. The van der Waals surface area contributed by atoms with Crippen LogP contribution in [-0.4, -0.2) is 48.0 Å². The maximum absolute atomic E-state index is 10.9. The van der Waals surface area contributed by atoms with E-state index in [0.717, 1.165) is 54.0 Å². The number of hydrogen-bond donors (Lipinski definition) is 0. The van der Waals surface area contributed by atoms with E-state index < -0.39 is 0 Å². The zero-order valence-electron chi connectivity index (χ0n) is 14.6. The van der Waals surface area contributed by atoms with Crippen molar-refractivity contribution in [1.29, 1.82) is 0 Å². The number of pyridine rings is 1. The summed E-state index contributed by atoms with van der Waals surface area (Å²) in [4.78, 5) is 20.1. The molecule has 0 spiro atoms. The zero-order valence-corrected chi connectivity index (χ0v) is 14.6. The Morgan fingerprint density at radius 2 is 1.69 bits per heavy atom. The van der Waals surface area contributed by atoms with Gasteiger partial charge in [0.05, 0.1) is 10.6 Å². The third-order valence-corrected chi connectivity index (χ3v) is 4.91. The SMILES string of the molecule is CN1CCN(c2cc3ccccc3c(-c3ccc([N+](=O)[O-])cc3)n2)CC1. The highest BCUT2D eigenvalue weighted by atomic mass is 16.6. The first-order valence-corrected chi connectivity index (χ1v) is 8.70. The molecule has 2 heterocycles. The molecule has 0 amide bonds. The van der Waals surface area contributed by atoms with Crippen molar-refractivity contribution in [1.82, 2.24) is 9.88 Å². The summed E-state index contributed by atoms with van der Waals surface area (Å²) in [6.45, 7) is 3.92. The lowest BCUT2D eigenvalue weighted by Crippen LogP contribution is -2.44. The first-order valence-electron chi connectivity index (χ1n) is 8.70. The molecular weight excluding hydrogens is 328 g/mol. The largest absolute Gasteiger partial charge is 0.354 e. The van der Waals surface area contributed by atoms with Gasteiger partial charge in [-0.05, 0) is 30.6 Å². The fourth-order valence-corrected chi connectivity index (χ4v) is 3.34. The maximum Gasteiger partial charge on any atom is 0.269 e. The van der Waals surface area contributed by atoms with E-state index >= 15 is 0 Å². The molecule has 0 N–H and O–H groups in total. The molecular formula is C20H20N4O2. The molecule has 6 heteroatoms. The van der Waals surface area contributed by atoms with Crippen LogP contribution in [0.25, 0.3) is 22.0 Å². The van der Waals surface area contributed by atoms with Crippen molar-refractivity contribution < 1.29 is 4.92 Å². The normalized spacial score (nSPS) is 15.3. The fourth-order valence-electron chi connectivity index (χ4n) is 3.34. The van der Waals surface area contributed by atoms with Gasteiger partial charge in [0.25, 0.3) is 5.69 Å². The summed E-state index contributed by atoms with van der Waals surface area (Å²) in [5.41, 5.74) is 1.85. The van der Waals surface area contributed by atoms with E-state index in [2.05, 4.69) is 29.0 Å². The standard InChI is InChI=1S/C20H20N4O2/c1-22-10-12-23(13-11-22)19-14-16-4-2-3-5-18(16)20(21-19)15-6-8-17(9-7-15)24(25)26/h2-9,14H,10-13H2,1H3. The van der Waals surface area contributed by atoms with E-state index in [1.54, 1.807) is 12.1 Å². The Hall–Kier alpha value is -2.99. The second-order valence-electron chi connectivity index (χ2n) is 6.64. The van der Waals surface area contributed by atoms with E-state index in [0.29, 0.717) is 0 Å². The number of fused-ring (bicyclic) bond motifs is 1. The van der Waals surface area contributed by atoms with Gasteiger partial charge in [-0.1, -0.05) is 24.3 Å². The van der Waals surface area contributed by atoms with Crippen LogP contribution in [0.4, 0.5) is 11.5 Å². The topological polar surface area (TPSA) is 62.5 Å². The van der Waals surface area contributed by atoms with Crippen molar-refractivity contribution in [3.05, 3.63) is 64.7 Å². The van der Waals surface area contributed by atoms with Crippen LogP contribution >= 0.6 is 0 Å².